The zero-order valence-corrected chi connectivity index (χ0v) is 13.8. The van der Waals surface area contributed by atoms with Crippen molar-refractivity contribution in [2.75, 3.05) is 18.6 Å². The molecule has 1 fully saturated rings. The van der Waals surface area contributed by atoms with E-state index in [4.69, 9.17) is 26.3 Å². The number of fused-ring (bicyclic) bond motifs is 1. The minimum Gasteiger partial charge on any atom is -0.394 e. The first-order chi connectivity index (χ1) is 11.2. The van der Waals surface area contributed by atoms with Crippen LogP contribution in [0, 0.1) is 0 Å². The van der Waals surface area contributed by atoms with Gasteiger partial charge in [-0.3, -0.25) is 8.75 Å². The van der Waals surface area contributed by atoms with E-state index in [0.29, 0.717) is 0 Å². The number of nitrogens with two attached hydrogens (primary N) is 1. The number of rotatable bonds is 4. The summed E-state index contributed by atoms with van der Waals surface area (Å²) in [6.45, 7) is -0.557. The van der Waals surface area contributed by atoms with Gasteiger partial charge in [-0.2, -0.15) is 18.4 Å². The molecule has 0 spiro atoms. The van der Waals surface area contributed by atoms with Crippen LogP contribution < -0.4 is 5.73 Å². The molecule has 132 valence electrons. The van der Waals surface area contributed by atoms with Gasteiger partial charge in [-0.1, -0.05) is 0 Å². The van der Waals surface area contributed by atoms with Crippen molar-refractivity contribution in [3.05, 3.63) is 11.6 Å². The van der Waals surface area contributed by atoms with Crippen LogP contribution in [0.1, 0.15) is 6.23 Å². The zero-order chi connectivity index (χ0) is 17.6. The third-order valence-corrected chi connectivity index (χ3v) is 4.21. The average molecular weight is 380 g/mol. The number of hydrogen-bond donors (Lipinski definition) is 3. The molecule has 1 aliphatic rings. The first-order valence-electron chi connectivity index (χ1n) is 6.69. The van der Waals surface area contributed by atoms with E-state index in [2.05, 4.69) is 15.0 Å². The van der Waals surface area contributed by atoms with E-state index in [9.17, 15) is 18.6 Å². The lowest BCUT2D eigenvalue weighted by Gasteiger charge is -2.18. The Morgan fingerprint density at radius 3 is 2.83 bits per heavy atom. The van der Waals surface area contributed by atoms with E-state index in [1.165, 1.54) is 10.9 Å². The van der Waals surface area contributed by atoms with Crippen LogP contribution in [0.25, 0.3) is 11.2 Å². The minimum atomic E-state index is -3.87. The second-order valence-electron chi connectivity index (χ2n) is 5.21. The SMILES string of the molecule is CS(=O)(=O)O[C@@H]1[C@@H](O)[C@H](n2cnc3c(N)nc(Cl)nc32)O[C@@H]1CO. The van der Waals surface area contributed by atoms with E-state index in [1.807, 2.05) is 0 Å². The molecule has 24 heavy (non-hydrogen) atoms. The molecule has 13 heteroatoms. The molecule has 4 atom stereocenters. The van der Waals surface area contributed by atoms with Crippen LogP contribution in [0.5, 0.6) is 0 Å². The van der Waals surface area contributed by atoms with Gasteiger partial charge in [0.15, 0.2) is 17.7 Å². The Labute approximate surface area is 141 Å². The van der Waals surface area contributed by atoms with Gasteiger partial charge in [-0.15, -0.1) is 0 Å². The van der Waals surface area contributed by atoms with Crippen molar-refractivity contribution in [1.82, 2.24) is 19.5 Å². The molecule has 2 aromatic rings. The molecule has 1 aliphatic heterocycles. The molecule has 3 heterocycles. The van der Waals surface area contributed by atoms with Crippen molar-refractivity contribution in [3.8, 4) is 0 Å². The van der Waals surface area contributed by atoms with Crippen molar-refractivity contribution in [2.24, 2.45) is 0 Å². The maximum atomic E-state index is 11.3. The molecule has 0 amide bonds. The molecule has 0 radical (unpaired) electrons. The summed E-state index contributed by atoms with van der Waals surface area (Å²) in [5.41, 5.74) is 6.14. The summed E-state index contributed by atoms with van der Waals surface area (Å²) in [7, 11) is -3.87. The van der Waals surface area contributed by atoms with Gasteiger partial charge in [0.05, 0.1) is 19.2 Å². The number of aromatic nitrogens is 4. The maximum absolute atomic E-state index is 11.3. The van der Waals surface area contributed by atoms with Crippen LogP contribution in [0.3, 0.4) is 0 Å². The number of aliphatic hydroxyl groups excluding tert-OH is 2. The Bertz CT molecular complexity index is 873. The highest BCUT2D eigenvalue weighted by Crippen LogP contribution is 2.34. The maximum Gasteiger partial charge on any atom is 0.264 e. The Balaban J connectivity index is 2.01. The lowest BCUT2D eigenvalue weighted by atomic mass is 10.1. The van der Waals surface area contributed by atoms with Crippen LogP contribution in [-0.4, -0.2) is 69.3 Å². The fourth-order valence-electron chi connectivity index (χ4n) is 2.51. The molecule has 0 aliphatic carbocycles. The summed E-state index contributed by atoms with van der Waals surface area (Å²) in [6.07, 6.45) is -2.75. The summed E-state index contributed by atoms with van der Waals surface area (Å²) in [5, 5.41) is 19.6. The predicted molar refractivity (Wildman–Crippen MR) is 81.5 cm³/mol. The summed E-state index contributed by atoms with van der Waals surface area (Å²) in [6, 6.07) is 0. The van der Waals surface area contributed by atoms with Gasteiger partial charge in [0.1, 0.15) is 23.8 Å². The van der Waals surface area contributed by atoms with Crippen LogP contribution >= 0.6 is 11.6 Å². The fourth-order valence-corrected chi connectivity index (χ4v) is 3.33. The highest BCUT2D eigenvalue weighted by atomic mass is 35.5. The molecule has 11 nitrogen and oxygen atoms in total. The van der Waals surface area contributed by atoms with Crippen molar-refractivity contribution >= 4 is 38.7 Å². The van der Waals surface area contributed by atoms with Gasteiger partial charge in [-0.25, -0.2) is 4.98 Å². The number of hydrogen-bond acceptors (Lipinski definition) is 10. The van der Waals surface area contributed by atoms with E-state index in [0.717, 1.165) is 6.26 Å². The smallest absolute Gasteiger partial charge is 0.264 e. The molecule has 1 saturated heterocycles. The molecule has 4 N–H and O–H groups in total. The van der Waals surface area contributed by atoms with Crippen LogP contribution in [0.2, 0.25) is 5.28 Å². The topological polar surface area (TPSA) is 163 Å². The molecule has 0 aromatic carbocycles. The Morgan fingerprint density at radius 1 is 1.50 bits per heavy atom. The van der Waals surface area contributed by atoms with E-state index in [-0.39, 0.29) is 22.3 Å². The van der Waals surface area contributed by atoms with Gasteiger partial charge < -0.3 is 20.7 Å². The van der Waals surface area contributed by atoms with Crippen LogP contribution in [-0.2, 0) is 19.0 Å². The largest absolute Gasteiger partial charge is 0.394 e. The first-order valence-corrected chi connectivity index (χ1v) is 8.89. The number of imidazole rings is 1. The van der Waals surface area contributed by atoms with E-state index < -0.39 is 41.3 Å². The van der Waals surface area contributed by atoms with Crippen molar-refractivity contribution in [1.29, 1.82) is 0 Å². The van der Waals surface area contributed by atoms with Crippen molar-refractivity contribution in [3.63, 3.8) is 0 Å². The number of nitrogens with zero attached hydrogens (tertiary/aromatic N) is 4. The molecule has 3 rings (SSSR count). The molecule has 0 bridgehead atoms. The predicted octanol–water partition coefficient (Wildman–Crippen LogP) is -1.34. The monoisotopic (exact) mass is 379 g/mol. The second kappa shape index (κ2) is 6.06. The number of ether oxygens (including phenoxy) is 1. The molecule has 0 saturated carbocycles. The number of aliphatic hydroxyl groups is 2. The minimum absolute atomic E-state index is 0.0406. The molecular weight excluding hydrogens is 366 g/mol. The van der Waals surface area contributed by atoms with Crippen molar-refractivity contribution < 1.29 is 27.6 Å². The summed E-state index contributed by atoms with van der Waals surface area (Å²) in [4.78, 5) is 11.8. The van der Waals surface area contributed by atoms with E-state index >= 15 is 0 Å². The average Bonchev–Trinajstić information content (AvgIpc) is 3.00. The summed E-state index contributed by atoms with van der Waals surface area (Å²) in [5.74, 6) is 0.0406. The van der Waals surface area contributed by atoms with Gasteiger partial charge >= 0.3 is 0 Å². The lowest BCUT2D eigenvalue weighted by molar-refractivity contribution is -0.0502. The lowest BCUT2D eigenvalue weighted by Crippen LogP contribution is -2.37. The normalized spacial score (nSPS) is 27.8. The summed E-state index contributed by atoms with van der Waals surface area (Å²) >= 11 is 5.78. The standard InChI is InChI=1S/C11H14ClN5O6S/c1-24(20,21)23-7-4(2-18)22-10(6(7)19)17-3-14-5-8(13)15-11(12)16-9(5)17/h3-4,6-7,10,18-19H,2H2,1H3,(H2,13,15,16)/t4-,6-,7+,10-/m1/s1. The van der Waals surface area contributed by atoms with Crippen LogP contribution in [0.4, 0.5) is 5.82 Å². The molecule has 2 aromatic heterocycles. The highest BCUT2D eigenvalue weighted by molar-refractivity contribution is 7.86. The van der Waals surface area contributed by atoms with Crippen molar-refractivity contribution in [2.45, 2.75) is 24.5 Å². The second-order valence-corrected chi connectivity index (χ2v) is 7.14. The van der Waals surface area contributed by atoms with Gasteiger partial charge in [0.2, 0.25) is 5.28 Å². The quantitative estimate of drug-likeness (QED) is 0.427. The van der Waals surface area contributed by atoms with Gasteiger partial charge in [-0.05, 0) is 11.6 Å². The number of nitrogen functional groups attached to an aromatic ring is 1. The fraction of sp³-hybridized carbons (Fsp3) is 0.545. The number of anilines is 1. The number of halogens is 1. The first kappa shape index (κ1) is 17.3. The zero-order valence-electron chi connectivity index (χ0n) is 12.3. The Morgan fingerprint density at radius 2 is 2.21 bits per heavy atom. The third kappa shape index (κ3) is 3.03. The van der Waals surface area contributed by atoms with Gasteiger partial charge in [0.25, 0.3) is 10.1 Å². The molecule has 0 unspecified atom stereocenters. The highest BCUT2D eigenvalue weighted by Gasteiger charge is 2.47. The van der Waals surface area contributed by atoms with E-state index in [1.54, 1.807) is 0 Å². The Hall–Kier alpha value is -1.57. The molecular formula is C11H14ClN5O6S. The Kier molecular flexibility index (Phi) is 4.36. The third-order valence-electron chi connectivity index (χ3n) is 3.47. The van der Waals surface area contributed by atoms with Gasteiger partial charge in [0, 0.05) is 0 Å². The van der Waals surface area contributed by atoms with Crippen LogP contribution in [0.15, 0.2) is 6.33 Å². The summed E-state index contributed by atoms with van der Waals surface area (Å²) < 4.78 is 34.3.